The Hall–Kier alpha value is -4.53. The fourth-order valence-electron chi connectivity index (χ4n) is 5.06. The zero-order valence-electron chi connectivity index (χ0n) is 23.4. The van der Waals surface area contributed by atoms with Gasteiger partial charge in [-0.05, 0) is 60.2 Å². The number of nitrogens with one attached hydrogen (secondary N) is 3. The van der Waals surface area contributed by atoms with E-state index in [1.54, 1.807) is 27.2 Å². The van der Waals surface area contributed by atoms with Gasteiger partial charge in [0.1, 0.15) is 6.04 Å². The fraction of sp³-hybridized carbons (Fsp3) is 0.323. The summed E-state index contributed by atoms with van der Waals surface area (Å²) in [7, 11) is 4.66. The van der Waals surface area contributed by atoms with Crippen molar-refractivity contribution in [3.63, 3.8) is 0 Å². The summed E-state index contributed by atoms with van der Waals surface area (Å²) < 4.78 is 17.0. The van der Waals surface area contributed by atoms with Gasteiger partial charge < -0.3 is 30.2 Å². The molecule has 4 rings (SSSR count). The van der Waals surface area contributed by atoms with Crippen molar-refractivity contribution in [1.29, 1.82) is 0 Å². The molecule has 0 saturated carbocycles. The van der Waals surface area contributed by atoms with Crippen LogP contribution in [0.25, 0.3) is 11.1 Å². The maximum Gasteiger partial charge on any atom is 0.242 e. The molecule has 0 radical (unpaired) electrons. The lowest BCUT2D eigenvalue weighted by Gasteiger charge is -2.19. The highest BCUT2D eigenvalue weighted by Crippen LogP contribution is 2.50. The number of benzene rings is 2. The van der Waals surface area contributed by atoms with E-state index in [9.17, 15) is 14.4 Å². The summed E-state index contributed by atoms with van der Waals surface area (Å²) in [5.41, 5.74) is 4.00. The average molecular weight is 546 g/mol. The number of hydrogen-bond acceptors (Lipinski definition) is 7. The van der Waals surface area contributed by atoms with Gasteiger partial charge in [0.15, 0.2) is 11.5 Å². The molecule has 3 aromatic carbocycles. The van der Waals surface area contributed by atoms with Crippen LogP contribution in [-0.4, -0.2) is 39.2 Å². The lowest BCUT2D eigenvalue weighted by atomic mass is 9.95. The molecular weight excluding hydrogens is 510 g/mol. The average Bonchev–Trinajstić information content (AvgIpc) is 3.19. The maximum absolute atomic E-state index is 13.5. The molecule has 40 heavy (non-hydrogen) atoms. The summed E-state index contributed by atoms with van der Waals surface area (Å²) in [6.45, 7) is 3.54. The van der Waals surface area contributed by atoms with Crippen LogP contribution in [0.2, 0.25) is 0 Å². The molecule has 9 heteroatoms. The van der Waals surface area contributed by atoms with Crippen LogP contribution in [0, 0.1) is 0 Å². The lowest BCUT2D eigenvalue weighted by Crippen LogP contribution is -2.38. The van der Waals surface area contributed by atoms with E-state index in [4.69, 9.17) is 14.2 Å². The van der Waals surface area contributed by atoms with Gasteiger partial charge in [0.25, 0.3) is 0 Å². The summed E-state index contributed by atoms with van der Waals surface area (Å²) in [5.74, 6) is 0.994. The monoisotopic (exact) mass is 545 g/mol. The Morgan fingerprint density at radius 1 is 0.975 bits per heavy atom. The van der Waals surface area contributed by atoms with Gasteiger partial charge in [-0.1, -0.05) is 36.4 Å². The molecule has 9 nitrogen and oxygen atoms in total. The zero-order chi connectivity index (χ0) is 28.8. The van der Waals surface area contributed by atoms with Crippen LogP contribution in [0.3, 0.4) is 0 Å². The van der Waals surface area contributed by atoms with E-state index in [2.05, 4.69) is 16.0 Å². The van der Waals surface area contributed by atoms with Crippen LogP contribution in [0.4, 0.5) is 5.69 Å². The first-order valence-corrected chi connectivity index (χ1v) is 13.1. The molecule has 0 spiro atoms. The SMILES string of the molecule is COc1cc2c(c(OC)c1OC)-c1ccc(N[C@@H](C)C(=O)NCc3ccccc3)c(=O)cc1[C@H](NC(C)=O)CC2. The van der Waals surface area contributed by atoms with Crippen molar-refractivity contribution in [2.45, 2.75) is 45.3 Å². The molecular formula is C31H35N3O6. The Balaban J connectivity index is 1.76. The Kier molecular flexibility index (Phi) is 8.93. The van der Waals surface area contributed by atoms with E-state index in [1.165, 1.54) is 20.1 Å². The first-order valence-electron chi connectivity index (χ1n) is 13.1. The number of carbonyl (C=O) groups is 2. The molecule has 2 atom stereocenters. The van der Waals surface area contributed by atoms with Crippen molar-refractivity contribution in [2.24, 2.45) is 0 Å². The maximum atomic E-state index is 13.5. The van der Waals surface area contributed by atoms with E-state index in [1.807, 2.05) is 42.5 Å². The number of ether oxygens (including phenoxy) is 3. The van der Waals surface area contributed by atoms with Crippen molar-refractivity contribution in [1.82, 2.24) is 10.6 Å². The first kappa shape index (κ1) is 28.5. The van der Waals surface area contributed by atoms with Crippen molar-refractivity contribution in [3.8, 4) is 28.4 Å². The molecule has 0 heterocycles. The Morgan fingerprint density at radius 3 is 2.35 bits per heavy atom. The second-order valence-corrected chi connectivity index (χ2v) is 9.67. The molecule has 3 aromatic rings. The minimum Gasteiger partial charge on any atom is -0.493 e. The highest BCUT2D eigenvalue weighted by molar-refractivity contribution is 5.85. The highest BCUT2D eigenvalue weighted by Gasteiger charge is 2.29. The van der Waals surface area contributed by atoms with Gasteiger partial charge in [-0.2, -0.15) is 0 Å². The molecule has 1 aliphatic rings. The molecule has 0 unspecified atom stereocenters. The predicted octanol–water partition coefficient (Wildman–Crippen LogP) is 3.98. The van der Waals surface area contributed by atoms with E-state index < -0.39 is 12.1 Å². The summed E-state index contributed by atoms with van der Waals surface area (Å²) >= 11 is 0. The lowest BCUT2D eigenvalue weighted by molar-refractivity contribution is -0.122. The van der Waals surface area contributed by atoms with Crippen LogP contribution in [0.1, 0.15) is 43.0 Å². The van der Waals surface area contributed by atoms with Gasteiger partial charge in [-0.15, -0.1) is 0 Å². The number of hydrogen-bond donors (Lipinski definition) is 3. The van der Waals surface area contributed by atoms with Crippen molar-refractivity contribution in [2.75, 3.05) is 26.6 Å². The first-order chi connectivity index (χ1) is 19.3. The van der Waals surface area contributed by atoms with Gasteiger partial charge in [0.2, 0.25) is 23.0 Å². The van der Waals surface area contributed by atoms with E-state index >= 15 is 0 Å². The van der Waals surface area contributed by atoms with Gasteiger partial charge in [-0.25, -0.2) is 0 Å². The second-order valence-electron chi connectivity index (χ2n) is 9.67. The number of rotatable bonds is 9. The van der Waals surface area contributed by atoms with Crippen molar-refractivity contribution < 1.29 is 23.8 Å². The summed E-state index contributed by atoms with van der Waals surface area (Å²) in [6.07, 6.45) is 1.16. The number of carbonyl (C=O) groups excluding carboxylic acids is 2. The highest BCUT2D eigenvalue weighted by atomic mass is 16.5. The molecule has 0 aliphatic heterocycles. The fourth-order valence-corrected chi connectivity index (χ4v) is 5.06. The van der Waals surface area contributed by atoms with Crippen molar-refractivity contribution in [3.05, 3.63) is 81.5 Å². The van der Waals surface area contributed by atoms with Gasteiger partial charge in [0.05, 0.1) is 33.1 Å². The Bertz CT molecular complexity index is 1460. The molecule has 3 N–H and O–H groups in total. The van der Waals surface area contributed by atoms with E-state index in [0.29, 0.717) is 42.2 Å². The largest absolute Gasteiger partial charge is 0.493 e. The van der Waals surface area contributed by atoms with Crippen LogP contribution >= 0.6 is 0 Å². The third-order valence-electron chi connectivity index (χ3n) is 6.99. The van der Waals surface area contributed by atoms with E-state index in [0.717, 1.165) is 22.3 Å². The number of anilines is 1. The molecule has 2 amide bonds. The smallest absolute Gasteiger partial charge is 0.242 e. The molecule has 210 valence electrons. The number of amides is 2. The quantitative estimate of drug-likeness (QED) is 0.373. The summed E-state index contributed by atoms with van der Waals surface area (Å²) in [5, 5.41) is 8.96. The van der Waals surface area contributed by atoms with Crippen LogP contribution in [0.5, 0.6) is 17.2 Å². The third kappa shape index (κ3) is 6.03. The summed E-state index contributed by atoms with van der Waals surface area (Å²) in [6, 6.07) is 15.4. The van der Waals surface area contributed by atoms with Crippen LogP contribution in [0.15, 0.2) is 59.4 Å². The Morgan fingerprint density at radius 2 is 1.70 bits per heavy atom. The molecule has 0 bridgehead atoms. The standard InChI is InChI=1S/C31H35N3O6/c1-18(31(37)32-17-20-9-7-6-8-10-20)33-25-14-12-22-23(16-26(25)36)24(34-19(2)35)13-11-21-15-27(38-3)29(39-4)30(40-5)28(21)22/h6-10,12,14-16,18,24H,11,13,17H2,1-5H3,(H,32,37)(H,33,36)(H,34,35)/t18-,24+/m0/s1. The number of fused-ring (bicyclic) bond motifs is 3. The topological polar surface area (TPSA) is 115 Å². The molecule has 0 saturated heterocycles. The normalized spacial score (nSPS) is 14.5. The zero-order valence-corrected chi connectivity index (χ0v) is 23.4. The minimum atomic E-state index is -0.670. The van der Waals surface area contributed by atoms with E-state index in [-0.39, 0.29) is 22.9 Å². The minimum absolute atomic E-state index is 0.204. The Labute approximate surface area is 233 Å². The van der Waals surface area contributed by atoms with Gasteiger partial charge in [-0.3, -0.25) is 14.4 Å². The van der Waals surface area contributed by atoms with Crippen LogP contribution < -0.4 is 35.6 Å². The molecule has 1 aliphatic carbocycles. The molecule has 0 aromatic heterocycles. The third-order valence-corrected chi connectivity index (χ3v) is 6.99. The van der Waals surface area contributed by atoms with Gasteiger partial charge in [0, 0.05) is 19.0 Å². The second kappa shape index (κ2) is 12.5. The summed E-state index contributed by atoms with van der Waals surface area (Å²) in [4.78, 5) is 38.4. The van der Waals surface area contributed by atoms with Crippen LogP contribution in [-0.2, 0) is 22.6 Å². The van der Waals surface area contributed by atoms with Crippen molar-refractivity contribution >= 4 is 17.5 Å². The van der Waals surface area contributed by atoms with Gasteiger partial charge >= 0.3 is 0 Å². The number of aryl methyl sites for hydroxylation is 1. The molecule has 0 fully saturated rings. The number of methoxy groups -OCH3 is 3. The predicted molar refractivity (Wildman–Crippen MR) is 154 cm³/mol.